The van der Waals surface area contributed by atoms with Gasteiger partial charge < -0.3 is 14.7 Å². The molecule has 1 aromatic carbocycles. The number of halogens is 1. The Balaban J connectivity index is 1.91. The van der Waals surface area contributed by atoms with Gasteiger partial charge in [-0.25, -0.2) is 0 Å². The molecule has 2 aromatic rings. The van der Waals surface area contributed by atoms with Gasteiger partial charge in [0.05, 0.1) is 12.2 Å². The average Bonchev–Trinajstić information content (AvgIpc) is 2.98. The van der Waals surface area contributed by atoms with Crippen LogP contribution in [0.15, 0.2) is 39.8 Å². The van der Waals surface area contributed by atoms with Gasteiger partial charge in [-0.3, -0.25) is 4.99 Å². The quantitative estimate of drug-likeness (QED) is 0.679. The first-order valence-electron chi connectivity index (χ1n) is 7.23. The fraction of sp³-hybridized carbons (Fsp3) is 0.375. The summed E-state index contributed by atoms with van der Waals surface area (Å²) in [5, 5.41) is 7.99. The van der Waals surface area contributed by atoms with Crippen LogP contribution in [0.2, 0.25) is 5.02 Å². The van der Waals surface area contributed by atoms with Gasteiger partial charge in [-0.1, -0.05) is 35.8 Å². The summed E-state index contributed by atoms with van der Waals surface area (Å²) < 4.78 is 5.26. The Kier molecular flexibility index (Phi) is 5.83. The van der Waals surface area contributed by atoms with Gasteiger partial charge in [-0.15, -0.1) is 0 Å². The molecule has 0 aliphatic rings. The van der Waals surface area contributed by atoms with E-state index in [1.54, 1.807) is 7.05 Å². The van der Waals surface area contributed by atoms with Crippen LogP contribution in [0, 0.1) is 0 Å². The smallest absolute Gasteiger partial charge is 0.194 e. The van der Waals surface area contributed by atoms with Gasteiger partial charge in [0, 0.05) is 31.7 Å². The minimum absolute atomic E-state index is 0.560. The zero-order chi connectivity index (χ0) is 15.9. The Hall–Kier alpha value is -2.01. The second-order valence-electron chi connectivity index (χ2n) is 5.02. The molecule has 0 saturated carbocycles. The van der Waals surface area contributed by atoms with Crippen molar-refractivity contribution in [2.24, 2.45) is 4.99 Å². The van der Waals surface area contributed by atoms with Crippen LogP contribution in [0.4, 0.5) is 0 Å². The van der Waals surface area contributed by atoms with Crippen LogP contribution in [0.3, 0.4) is 0 Å². The van der Waals surface area contributed by atoms with Crippen molar-refractivity contribution < 1.29 is 4.52 Å². The van der Waals surface area contributed by atoms with E-state index in [1.165, 1.54) is 5.56 Å². The third-order valence-electron chi connectivity index (χ3n) is 3.30. The zero-order valence-electron chi connectivity index (χ0n) is 13.1. The predicted octanol–water partition coefficient (Wildman–Crippen LogP) is 3.10. The van der Waals surface area contributed by atoms with E-state index >= 15 is 0 Å². The molecule has 0 fully saturated rings. The zero-order valence-corrected chi connectivity index (χ0v) is 13.9. The number of aryl methyl sites for hydroxylation is 1. The van der Waals surface area contributed by atoms with E-state index in [9.17, 15) is 0 Å². The number of hydrogen-bond donors (Lipinski definition) is 1. The third-order valence-corrected chi connectivity index (χ3v) is 3.55. The van der Waals surface area contributed by atoms with Crippen LogP contribution in [-0.4, -0.2) is 30.1 Å². The molecule has 6 heteroatoms. The second-order valence-corrected chi connectivity index (χ2v) is 5.46. The van der Waals surface area contributed by atoms with Crippen LogP contribution in [0.5, 0.6) is 0 Å². The molecule has 0 bridgehead atoms. The molecule has 1 heterocycles. The molecular weight excluding hydrogens is 300 g/mol. The first-order valence-corrected chi connectivity index (χ1v) is 7.61. The van der Waals surface area contributed by atoms with E-state index in [-0.39, 0.29) is 0 Å². The van der Waals surface area contributed by atoms with Gasteiger partial charge in [0.2, 0.25) is 0 Å². The molecule has 0 unspecified atom stereocenters. The minimum atomic E-state index is 0.560. The van der Waals surface area contributed by atoms with Crippen LogP contribution in [-0.2, 0) is 19.5 Å². The van der Waals surface area contributed by atoms with E-state index in [0.717, 1.165) is 35.4 Å². The Labute approximate surface area is 136 Å². The monoisotopic (exact) mass is 320 g/mol. The van der Waals surface area contributed by atoms with Crippen molar-refractivity contribution in [2.45, 2.75) is 26.4 Å². The lowest BCUT2D eigenvalue weighted by molar-refractivity contribution is 0.371. The summed E-state index contributed by atoms with van der Waals surface area (Å²) in [7, 11) is 3.75. The Bertz CT molecular complexity index is 621. The highest BCUT2D eigenvalue weighted by Gasteiger charge is 2.08. The number of nitrogens with zero attached hydrogens (tertiary/aromatic N) is 3. The fourth-order valence-electron chi connectivity index (χ4n) is 2.10. The fourth-order valence-corrected chi connectivity index (χ4v) is 2.22. The van der Waals surface area contributed by atoms with Gasteiger partial charge in [0.15, 0.2) is 11.7 Å². The Morgan fingerprint density at radius 3 is 2.68 bits per heavy atom. The summed E-state index contributed by atoms with van der Waals surface area (Å²) in [5.41, 5.74) is 2.13. The molecule has 5 nitrogen and oxygen atoms in total. The molecular formula is C16H21ClN4O. The topological polar surface area (TPSA) is 53.7 Å². The number of nitrogens with one attached hydrogen (secondary N) is 1. The molecule has 0 amide bonds. The second kappa shape index (κ2) is 7.84. The number of hydrogen-bond acceptors (Lipinski definition) is 3. The minimum Gasteiger partial charge on any atom is -0.359 e. The standard InChI is InChI=1S/C16H21ClN4O/c1-4-14-9-15(22-20-14)10-19-16(18-2)21(3)11-12-5-7-13(17)8-6-12/h5-9H,4,10-11H2,1-3H3,(H,18,19). The van der Waals surface area contributed by atoms with Crippen LogP contribution < -0.4 is 5.32 Å². The molecule has 0 saturated heterocycles. The van der Waals surface area contributed by atoms with Gasteiger partial charge in [-0.05, 0) is 24.1 Å². The summed E-state index contributed by atoms with van der Waals surface area (Å²) in [6, 6.07) is 9.76. The summed E-state index contributed by atoms with van der Waals surface area (Å²) in [5.74, 6) is 1.60. The number of aliphatic imine (C=N–C) groups is 1. The largest absolute Gasteiger partial charge is 0.359 e. The molecule has 0 aliphatic carbocycles. The van der Waals surface area contributed by atoms with Gasteiger partial charge in [0.1, 0.15) is 0 Å². The number of benzene rings is 1. The molecule has 0 radical (unpaired) electrons. The summed E-state index contributed by atoms with van der Waals surface area (Å²) in [6.45, 7) is 3.35. The summed E-state index contributed by atoms with van der Waals surface area (Å²) in [6.07, 6.45) is 0.870. The highest BCUT2D eigenvalue weighted by atomic mass is 35.5. The molecule has 0 spiro atoms. The predicted molar refractivity (Wildman–Crippen MR) is 89.0 cm³/mol. The maximum absolute atomic E-state index is 5.90. The Morgan fingerprint density at radius 2 is 2.09 bits per heavy atom. The molecule has 0 atom stereocenters. The normalized spacial score (nSPS) is 11.5. The van der Waals surface area contributed by atoms with Crippen molar-refractivity contribution >= 4 is 17.6 Å². The van der Waals surface area contributed by atoms with Gasteiger partial charge >= 0.3 is 0 Å². The maximum Gasteiger partial charge on any atom is 0.194 e. The molecule has 22 heavy (non-hydrogen) atoms. The lowest BCUT2D eigenvalue weighted by Crippen LogP contribution is -2.37. The van der Waals surface area contributed by atoms with Crippen molar-refractivity contribution in [3.05, 3.63) is 52.4 Å². The Morgan fingerprint density at radius 1 is 1.36 bits per heavy atom. The lowest BCUT2D eigenvalue weighted by Gasteiger charge is -2.21. The van der Waals surface area contributed by atoms with E-state index < -0.39 is 0 Å². The summed E-state index contributed by atoms with van der Waals surface area (Å²) >= 11 is 5.90. The molecule has 1 aromatic heterocycles. The van der Waals surface area contributed by atoms with Crippen LogP contribution in [0.25, 0.3) is 0 Å². The van der Waals surface area contributed by atoms with Crippen molar-refractivity contribution in [1.82, 2.24) is 15.4 Å². The van der Waals surface area contributed by atoms with Gasteiger partial charge in [-0.2, -0.15) is 0 Å². The van der Waals surface area contributed by atoms with E-state index in [4.69, 9.17) is 16.1 Å². The number of aromatic nitrogens is 1. The maximum atomic E-state index is 5.90. The SMILES string of the molecule is CCc1cc(CNC(=NC)N(C)Cc2ccc(Cl)cc2)on1. The van der Waals surface area contributed by atoms with Crippen molar-refractivity contribution in [2.75, 3.05) is 14.1 Å². The number of rotatable bonds is 5. The van der Waals surface area contributed by atoms with E-state index in [1.807, 2.05) is 49.2 Å². The molecule has 1 N–H and O–H groups in total. The highest BCUT2D eigenvalue weighted by molar-refractivity contribution is 6.30. The van der Waals surface area contributed by atoms with Gasteiger partial charge in [0.25, 0.3) is 0 Å². The van der Waals surface area contributed by atoms with E-state index in [2.05, 4.69) is 15.5 Å². The molecule has 2 rings (SSSR count). The van der Waals surface area contributed by atoms with E-state index in [0.29, 0.717) is 6.54 Å². The first-order chi connectivity index (χ1) is 10.6. The van der Waals surface area contributed by atoms with Crippen LogP contribution in [0.1, 0.15) is 23.9 Å². The summed E-state index contributed by atoms with van der Waals surface area (Å²) in [4.78, 5) is 6.33. The van der Waals surface area contributed by atoms with Crippen molar-refractivity contribution in [1.29, 1.82) is 0 Å². The third kappa shape index (κ3) is 4.49. The average molecular weight is 321 g/mol. The van der Waals surface area contributed by atoms with Crippen molar-refractivity contribution in [3.8, 4) is 0 Å². The van der Waals surface area contributed by atoms with Crippen LogP contribution >= 0.6 is 11.6 Å². The molecule has 118 valence electrons. The first kappa shape index (κ1) is 16.4. The van der Waals surface area contributed by atoms with Crippen molar-refractivity contribution in [3.63, 3.8) is 0 Å². The highest BCUT2D eigenvalue weighted by Crippen LogP contribution is 2.11. The molecule has 0 aliphatic heterocycles. The lowest BCUT2D eigenvalue weighted by atomic mass is 10.2. The number of guanidine groups is 1.